The van der Waals surface area contributed by atoms with Gasteiger partial charge in [-0.05, 0) is 68.1 Å². The van der Waals surface area contributed by atoms with E-state index in [-0.39, 0.29) is 24.0 Å². The van der Waals surface area contributed by atoms with Crippen LogP contribution in [0.3, 0.4) is 0 Å². The number of rotatable bonds is 7. The Morgan fingerprint density at radius 3 is 1.74 bits per heavy atom. The molecule has 2 nitrogen and oxygen atoms in total. The van der Waals surface area contributed by atoms with Gasteiger partial charge in [0.05, 0.1) is 18.8 Å². The van der Waals surface area contributed by atoms with E-state index in [1.807, 2.05) is 49.4 Å². The smallest absolute Gasteiger partial charge is 0.272 e. The number of halogens is 1. The third kappa shape index (κ3) is 5.59. The number of thioether (sulfide) groups is 1. The van der Waals surface area contributed by atoms with Crippen LogP contribution in [0.2, 0.25) is 0 Å². The first-order valence-corrected chi connectivity index (χ1v) is 10.8. The van der Waals surface area contributed by atoms with Gasteiger partial charge < -0.3 is 33.5 Å². The first-order chi connectivity index (χ1) is 12.7. The lowest BCUT2D eigenvalue weighted by molar-refractivity contribution is -0.00000624. The van der Waals surface area contributed by atoms with Gasteiger partial charge in [-0.25, -0.2) is 0 Å². The van der Waals surface area contributed by atoms with E-state index in [9.17, 15) is 0 Å². The number of ether oxygens (including phenoxy) is 2. The van der Waals surface area contributed by atoms with Gasteiger partial charge >= 0.3 is 0 Å². The van der Waals surface area contributed by atoms with E-state index in [0.717, 1.165) is 11.5 Å². The van der Waals surface area contributed by atoms with E-state index in [0.29, 0.717) is 13.2 Å². The molecule has 27 heavy (non-hydrogen) atoms. The Morgan fingerprint density at radius 1 is 0.741 bits per heavy atom. The van der Waals surface area contributed by atoms with E-state index < -0.39 is 0 Å². The summed E-state index contributed by atoms with van der Waals surface area (Å²) in [5.41, 5.74) is 3.69. The Hall–Kier alpha value is -1.31. The highest BCUT2D eigenvalue weighted by atomic mass is 127. The molecule has 0 bridgehead atoms. The molecule has 0 saturated carbocycles. The molecule has 1 aromatic heterocycles. The van der Waals surface area contributed by atoms with E-state index in [1.165, 1.54) is 25.8 Å². The average molecular weight is 510 g/mol. The zero-order valence-electron chi connectivity index (χ0n) is 15.7. The normalized spacial score (nSPS) is 10.2. The Morgan fingerprint density at radius 2 is 1.26 bits per heavy atom. The fourth-order valence-corrected chi connectivity index (χ4v) is 4.61. The first-order valence-electron chi connectivity index (χ1n) is 8.72. The second-order valence-corrected chi connectivity index (χ2v) is 7.75. The van der Waals surface area contributed by atoms with Crippen LogP contribution in [-0.4, -0.2) is 19.5 Å². The predicted molar refractivity (Wildman–Crippen MR) is 114 cm³/mol. The van der Waals surface area contributed by atoms with Crippen LogP contribution in [0, 0.1) is 0 Å². The molecule has 3 aromatic rings. The maximum atomic E-state index is 5.54. The topological polar surface area (TPSA) is 18.5 Å². The monoisotopic (exact) mass is 510 g/mol. The summed E-state index contributed by atoms with van der Waals surface area (Å²) >= 11 is 3.61. The lowest BCUT2D eigenvalue weighted by Gasteiger charge is -2.06. The fraction of sp³-hybridized carbons (Fsp3) is 0.227. The van der Waals surface area contributed by atoms with Gasteiger partial charge in [-0.3, -0.25) is 0 Å². The molecule has 5 heteroatoms. The zero-order chi connectivity index (χ0) is 18.4. The number of hydrogen-bond donors (Lipinski definition) is 0. The van der Waals surface area contributed by atoms with Gasteiger partial charge in [-0.1, -0.05) is 23.9 Å². The Kier molecular flexibility index (Phi) is 8.86. The minimum Gasteiger partial charge on any atom is -1.00 e. The van der Waals surface area contributed by atoms with Crippen molar-refractivity contribution in [2.45, 2.75) is 18.1 Å². The van der Waals surface area contributed by atoms with Crippen LogP contribution < -0.4 is 33.5 Å². The molecule has 0 aliphatic rings. The lowest BCUT2D eigenvalue weighted by atomic mass is 10.1. The molecule has 3 rings (SSSR count). The summed E-state index contributed by atoms with van der Waals surface area (Å²) in [7, 11) is 0. The lowest BCUT2D eigenvalue weighted by Crippen LogP contribution is -3.00. The minimum atomic E-state index is 0. The Labute approximate surface area is 187 Å². The van der Waals surface area contributed by atoms with Crippen LogP contribution in [0.15, 0.2) is 64.9 Å². The molecule has 0 fully saturated rings. The van der Waals surface area contributed by atoms with E-state index in [4.69, 9.17) is 9.47 Å². The predicted octanol–water partition coefficient (Wildman–Crippen LogP) is 3.89. The Bertz CT molecular complexity index is 849. The zero-order valence-corrected chi connectivity index (χ0v) is 19.5. The van der Waals surface area contributed by atoms with Crippen LogP contribution in [0.5, 0.6) is 11.5 Å². The van der Waals surface area contributed by atoms with Gasteiger partial charge in [0.2, 0.25) is 16.2 Å². The van der Waals surface area contributed by atoms with E-state index in [1.54, 1.807) is 11.8 Å². The van der Waals surface area contributed by atoms with Gasteiger partial charge in [-0.2, -0.15) is 0 Å². The molecule has 0 aliphatic heterocycles. The third-order valence-corrected chi connectivity index (χ3v) is 6.27. The van der Waals surface area contributed by atoms with Crippen molar-refractivity contribution in [1.82, 2.24) is 0 Å². The van der Waals surface area contributed by atoms with Crippen molar-refractivity contribution < 1.29 is 33.5 Å². The van der Waals surface area contributed by atoms with E-state index in [2.05, 4.69) is 42.7 Å². The van der Waals surface area contributed by atoms with Crippen molar-refractivity contribution in [3.05, 3.63) is 60.7 Å². The van der Waals surface area contributed by atoms with Crippen molar-refractivity contribution in [3.63, 3.8) is 0 Å². The molecular formula is C22H23IO2S2. The SMILES string of the molecule is CCOc1ccc(-c2ccc(-c3ccc(OCC)cc3)c(SC)[s+]2)cc1.[I-]. The summed E-state index contributed by atoms with van der Waals surface area (Å²) in [5, 5.41) is 0. The summed E-state index contributed by atoms with van der Waals surface area (Å²) in [6.07, 6.45) is 2.13. The van der Waals surface area contributed by atoms with Gasteiger partial charge in [0.15, 0.2) is 0 Å². The minimum absolute atomic E-state index is 0. The maximum absolute atomic E-state index is 5.54. The van der Waals surface area contributed by atoms with Crippen LogP contribution in [-0.2, 0) is 0 Å². The van der Waals surface area contributed by atoms with Crippen LogP contribution in [0.25, 0.3) is 21.6 Å². The highest BCUT2D eigenvalue weighted by Gasteiger charge is 2.19. The van der Waals surface area contributed by atoms with Crippen LogP contribution in [0.1, 0.15) is 13.8 Å². The molecule has 0 saturated heterocycles. The molecule has 0 unspecified atom stereocenters. The van der Waals surface area contributed by atoms with E-state index >= 15 is 0 Å². The van der Waals surface area contributed by atoms with Gasteiger partial charge in [0.1, 0.15) is 11.5 Å². The third-order valence-electron chi connectivity index (χ3n) is 3.94. The highest BCUT2D eigenvalue weighted by Crippen LogP contribution is 2.39. The number of benzene rings is 2. The maximum Gasteiger partial charge on any atom is 0.272 e. The molecule has 0 amide bonds. The van der Waals surface area contributed by atoms with Crippen LogP contribution >= 0.6 is 23.1 Å². The molecule has 0 spiro atoms. The molecule has 0 N–H and O–H groups in total. The Balaban J connectivity index is 0.00000261. The average Bonchev–Trinajstić information content (AvgIpc) is 2.69. The summed E-state index contributed by atoms with van der Waals surface area (Å²) in [6.45, 7) is 5.38. The molecule has 1 heterocycles. The second kappa shape index (κ2) is 10.9. The van der Waals surface area contributed by atoms with Crippen molar-refractivity contribution in [3.8, 4) is 33.1 Å². The quantitative estimate of drug-likeness (QED) is 0.273. The number of hydrogen-bond acceptors (Lipinski definition) is 3. The summed E-state index contributed by atoms with van der Waals surface area (Å²) in [4.78, 5) is 1.26. The first kappa shape index (κ1) is 22.0. The largest absolute Gasteiger partial charge is 1.00 e. The van der Waals surface area contributed by atoms with Crippen molar-refractivity contribution >= 4 is 23.1 Å². The highest BCUT2D eigenvalue weighted by molar-refractivity contribution is 8.00. The molecule has 0 atom stereocenters. The molecular weight excluding hydrogens is 487 g/mol. The van der Waals surface area contributed by atoms with Crippen LogP contribution in [0.4, 0.5) is 0 Å². The van der Waals surface area contributed by atoms with Crippen molar-refractivity contribution in [1.29, 1.82) is 0 Å². The standard InChI is InChI=1S/C22H23O2S2.HI/c1-4-23-18-10-6-16(7-11-18)20-14-15-21(26-22(20)25-3)17-8-12-19(13-9-17)24-5-2;/h6-15H,4-5H2,1-3H3;1H/q+1;/p-1. The van der Waals surface area contributed by atoms with Crippen molar-refractivity contribution in [2.24, 2.45) is 0 Å². The molecule has 0 aliphatic carbocycles. The molecule has 2 aromatic carbocycles. The fourth-order valence-electron chi connectivity index (χ4n) is 2.72. The summed E-state index contributed by atoms with van der Waals surface area (Å²) in [5.74, 6) is 1.83. The van der Waals surface area contributed by atoms with Gasteiger partial charge in [0, 0.05) is 11.6 Å². The second-order valence-electron chi connectivity index (χ2n) is 5.62. The van der Waals surface area contributed by atoms with Crippen molar-refractivity contribution in [2.75, 3.05) is 19.5 Å². The summed E-state index contributed by atoms with van der Waals surface area (Å²) < 4.78 is 12.4. The summed E-state index contributed by atoms with van der Waals surface area (Å²) in [6, 6.07) is 21.1. The molecule has 0 radical (unpaired) electrons. The van der Waals surface area contributed by atoms with Gasteiger partial charge in [0.25, 0.3) is 4.21 Å². The van der Waals surface area contributed by atoms with Gasteiger partial charge in [-0.15, -0.1) is 0 Å². The molecule has 142 valence electrons.